The highest BCUT2D eigenvalue weighted by molar-refractivity contribution is 6.27. The molecule has 0 radical (unpaired) electrons. The fraction of sp³-hybridized carbons (Fsp3) is 0.645. The standard InChI is InChI=1S/C31H42O4/c1-30(2,3)18-12-14-20-24(16-18)28(34)22(26(20)32)10-8-7-9-11-23-27(33)21-15-13-19(31(4,5)6)17-25(21)29(23)35/h7-11,18-21,24-25,34H,12-17H2,1-6H3/p-1/b9-7+,10-8+,23-11-. The lowest BCUT2D eigenvalue weighted by Gasteiger charge is -2.40. The lowest BCUT2D eigenvalue weighted by molar-refractivity contribution is -0.317. The number of hydrogen-bond donors (Lipinski definition) is 0. The van der Waals surface area contributed by atoms with Gasteiger partial charge in [0.15, 0.2) is 17.3 Å². The minimum absolute atomic E-state index is 0.0180. The van der Waals surface area contributed by atoms with E-state index in [0.29, 0.717) is 23.0 Å². The molecule has 0 N–H and O–H groups in total. The van der Waals surface area contributed by atoms with Gasteiger partial charge in [-0.1, -0.05) is 65.8 Å². The number of fused-ring (bicyclic) bond motifs is 2. The summed E-state index contributed by atoms with van der Waals surface area (Å²) in [6.45, 7) is 13.3. The van der Waals surface area contributed by atoms with Crippen LogP contribution < -0.4 is 5.11 Å². The monoisotopic (exact) mass is 477 g/mol. The Bertz CT molecular complexity index is 1020. The van der Waals surface area contributed by atoms with Crippen molar-refractivity contribution in [2.75, 3.05) is 0 Å². The third kappa shape index (κ3) is 4.90. The Morgan fingerprint density at radius 3 is 1.74 bits per heavy atom. The molecule has 0 aromatic carbocycles. The molecular formula is C31H41O4-. The van der Waals surface area contributed by atoms with Crippen molar-refractivity contribution >= 4 is 17.3 Å². The van der Waals surface area contributed by atoms with Crippen molar-refractivity contribution in [3.8, 4) is 0 Å². The number of rotatable bonds is 3. The first kappa shape index (κ1) is 25.9. The molecule has 6 unspecified atom stereocenters. The van der Waals surface area contributed by atoms with E-state index in [1.165, 1.54) is 0 Å². The van der Waals surface area contributed by atoms with Gasteiger partial charge in [-0.3, -0.25) is 14.4 Å². The number of Topliss-reactive ketones (excluding diaryl/α,β-unsaturated/α-hetero) is 3. The molecule has 4 aliphatic carbocycles. The van der Waals surface area contributed by atoms with E-state index >= 15 is 0 Å². The molecule has 0 aromatic rings. The quantitative estimate of drug-likeness (QED) is 0.304. The van der Waals surface area contributed by atoms with Gasteiger partial charge in [-0.25, -0.2) is 0 Å². The predicted octanol–water partition coefficient (Wildman–Crippen LogP) is 5.53. The van der Waals surface area contributed by atoms with Crippen molar-refractivity contribution in [3.63, 3.8) is 0 Å². The van der Waals surface area contributed by atoms with Crippen molar-refractivity contribution in [1.29, 1.82) is 0 Å². The lowest BCUT2D eigenvalue weighted by Crippen LogP contribution is -2.34. The minimum Gasteiger partial charge on any atom is -0.875 e. The molecule has 6 atom stereocenters. The van der Waals surface area contributed by atoms with E-state index in [4.69, 9.17) is 0 Å². The molecular weight excluding hydrogens is 436 g/mol. The van der Waals surface area contributed by atoms with Crippen molar-refractivity contribution < 1.29 is 19.5 Å². The van der Waals surface area contributed by atoms with Crippen LogP contribution in [-0.4, -0.2) is 17.3 Å². The van der Waals surface area contributed by atoms with Crippen LogP contribution in [0.5, 0.6) is 0 Å². The van der Waals surface area contributed by atoms with Gasteiger partial charge in [-0.15, -0.1) is 5.76 Å². The van der Waals surface area contributed by atoms with Crippen LogP contribution in [0.4, 0.5) is 0 Å². The highest BCUT2D eigenvalue weighted by atomic mass is 16.3. The van der Waals surface area contributed by atoms with Crippen LogP contribution >= 0.6 is 0 Å². The number of allylic oxidation sites excluding steroid dienone is 8. The number of carbonyl (C=O) groups excluding carboxylic acids is 3. The zero-order chi connectivity index (χ0) is 25.7. The summed E-state index contributed by atoms with van der Waals surface area (Å²) in [5, 5.41) is 13.0. The van der Waals surface area contributed by atoms with Crippen molar-refractivity contribution in [2.45, 2.75) is 80.1 Å². The molecule has 3 saturated carbocycles. The molecule has 35 heavy (non-hydrogen) atoms. The van der Waals surface area contributed by atoms with Crippen LogP contribution in [0.1, 0.15) is 80.1 Å². The van der Waals surface area contributed by atoms with Gasteiger partial charge in [0.05, 0.1) is 5.57 Å². The molecule has 4 aliphatic rings. The summed E-state index contributed by atoms with van der Waals surface area (Å²) in [4.78, 5) is 38.7. The average molecular weight is 478 g/mol. The van der Waals surface area contributed by atoms with Gasteiger partial charge in [0, 0.05) is 23.3 Å². The van der Waals surface area contributed by atoms with Gasteiger partial charge in [0.2, 0.25) is 0 Å². The van der Waals surface area contributed by atoms with Crippen LogP contribution in [0.2, 0.25) is 0 Å². The molecule has 190 valence electrons. The molecule has 4 rings (SSSR count). The molecule has 0 saturated heterocycles. The zero-order valence-corrected chi connectivity index (χ0v) is 22.2. The molecule has 4 nitrogen and oxygen atoms in total. The smallest absolute Gasteiger partial charge is 0.170 e. The van der Waals surface area contributed by atoms with E-state index in [0.717, 1.165) is 38.5 Å². The van der Waals surface area contributed by atoms with E-state index < -0.39 is 0 Å². The fourth-order valence-electron chi connectivity index (χ4n) is 6.86. The summed E-state index contributed by atoms with van der Waals surface area (Å²) in [6, 6.07) is 0. The van der Waals surface area contributed by atoms with Gasteiger partial charge in [0.1, 0.15) is 0 Å². The van der Waals surface area contributed by atoms with E-state index in [2.05, 4.69) is 41.5 Å². The van der Waals surface area contributed by atoms with Gasteiger partial charge < -0.3 is 5.11 Å². The topological polar surface area (TPSA) is 74.3 Å². The molecule has 0 aliphatic heterocycles. The summed E-state index contributed by atoms with van der Waals surface area (Å²) in [5.74, 6) is 0.148. The average Bonchev–Trinajstić information content (AvgIpc) is 3.17. The Balaban J connectivity index is 1.43. The summed E-state index contributed by atoms with van der Waals surface area (Å²) in [6.07, 6.45) is 13.5. The first-order valence-electron chi connectivity index (χ1n) is 13.4. The maximum absolute atomic E-state index is 13.0. The SMILES string of the molecule is CC(C)(C)C1CCC2C(=O)/C(=C/C=C/C=C/C3=C([O-])C4CC(C(C)(C)C)CCC4C3=O)C(=O)C2C1. The Labute approximate surface area is 210 Å². The molecule has 0 aromatic heterocycles. The Morgan fingerprint density at radius 1 is 0.657 bits per heavy atom. The van der Waals surface area contributed by atoms with E-state index in [1.807, 2.05) is 0 Å². The molecule has 0 spiro atoms. The highest BCUT2D eigenvalue weighted by Gasteiger charge is 2.49. The molecule has 0 amide bonds. The third-order valence-electron chi connectivity index (χ3n) is 9.31. The zero-order valence-electron chi connectivity index (χ0n) is 22.2. The first-order valence-corrected chi connectivity index (χ1v) is 13.4. The highest BCUT2D eigenvalue weighted by Crippen LogP contribution is 2.49. The van der Waals surface area contributed by atoms with Crippen molar-refractivity contribution in [1.82, 2.24) is 0 Å². The minimum atomic E-state index is -0.180. The lowest BCUT2D eigenvalue weighted by atomic mass is 9.66. The van der Waals surface area contributed by atoms with Crippen LogP contribution in [0.25, 0.3) is 0 Å². The Hall–Kier alpha value is -2.23. The first-order chi connectivity index (χ1) is 16.3. The largest absolute Gasteiger partial charge is 0.875 e. The summed E-state index contributed by atoms with van der Waals surface area (Å²) in [5.41, 5.74) is 0.894. The van der Waals surface area contributed by atoms with Gasteiger partial charge in [-0.05, 0) is 73.2 Å². The van der Waals surface area contributed by atoms with E-state index in [9.17, 15) is 19.5 Å². The Kier molecular flexibility index (Phi) is 6.89. The summed E-state index contributed by atoms with van der Waals surface area (Å²) < 4.78 is 0. The van der Waals surface area contributed by atoms with E-state index in [1.54, 1.807) is 30.4 Å². The molecule has 4 heteroatoms. The second-order valence-electron chi connectivity index (χ2n) is 13.4. The second-order valence-corrected chi connectivity index (χ2v) is 13.4. The van der Waals surface area contributed by atoms with Gasteiger partial charge in [-0.2, -0.15) is 0 Å². The number of carbonyl (C=O) groups is 3. The third-order valence-corrected chi connectivity index (χ3v) is 9.31. The normalized spacial score (nSPS) is 35.6. The van der Waals surface area contributed by atoms with Crippen molar-refractivity contribution in [3.05, 3.63) is 47.3 Å². The van der Waals surface area contributed by atoms with E-state index in [-0.39, 0.29) is 57.6 Å². The van der Waals surface area contributed by atoms with Crippen LogP contribution in [-0.2, 0) is 14.4 Å². The fourth-order valence-corrected chi connectivity index (χ4v) is 6.86. The summed E-state index contributed by atoms with van der Waals surface area (Å²) in [7, 11) is 0. The second kappa shape index (κ2) is 9.33. The molecule has 0 heterocycles. The number of ketones is 3. The van der Waals surface area contributed by atoms with Crippen LogP contribution in [0, 0.1) is 46.3 Å². The molecule has 0 bridgehead atoms. The van der Waals surface area contributed by atoms with Crippen LogP contribution in [0.3, 0.4) is 0 Å². The van der Waals surface area contributed by atoms with Gasteiger partial charge >= 0.3 is 0 Å². The van der Waals surface area contributed by atoms with Gasteiger partial charge in [0.25, 0.3) is 0 Å². The van der Waals surface area contributed by atoms with Crippen molar-refractivity contribution in [2.24, 2.45) is 46.3 Å². The summed E-state index contributed by atoms with van der Waals surface area (Å²) >= 11 is 0. The maximum atomic E-state index is 13.0. The van der Waals surface area contributed by atoms with Crippen LogP contribution in [0.15, 0.2) is 47.3 Å². The maximum Gasteiger partial charge on any atom is 0.170 e. The Morgan fingerprint density at radius 2 is 1.17 bits per heavy atom. The number of hydrogen-bond acceptors (Lipinski definition) is 4. The predicted molar refractivity (Wildman–Crippen MR) is 136 cm³/mol. The molecule has 3 fully saturated rings.